The number of rotatable bonds is 9. The Hall–Kier alpha value is -3.87. The zero-order chi connectivity index (χ0) is 26.1. The van der Waals surface area contributed by atoms with E-state index in [4.69, 9.17) is 21.1 Å². The summed E-state index contributed by atoms with van der Waals surface area (Å²) in [7, 11) is 0. The van der Waals surface area contributed by atoms with Gasteiger partial charge >= 0.3 is 0 Å². The summed E-state index contributed by atoms with van der Waals surface area (Å²) < 4.78 is 24.9. The van der Waals surface area contributed by atoms with Crippen LogP contribution in [-0.4, -0.2) is 25.0 Å². The molecule has 184 valence electrons. The van der Waals surface area contributed by atoms with Gasteiger partial charge in [-0.05, 0) is 95.2 Å². The van der Waals surface area contributed by atoms with Crippen molar-refractivity contribution >= 4 is 56.8 Å². The molecule has 0 unspecified atom stereocenters. The molecule has 2 amide bonds. The summed E-state index contributed by atoms with van der Waals surface area (Å²) >= 11 is 9.26. The lowest BCUT2D eigenvalue weighted by Crippen LogP contribution is -2.20. The summed E-state index contributed by atoms with van der Waals surface area (Å²) in [6, 6.07) is 16.9. The summed E-state index contributed by atoms with van der Waals surface area (Å²) in [5.41, 5.74) is 1.22. The van der Waals surface area contributed by atoms with Crippen LogP contribution < -0.4 is 20.1 Å². The predicted molar refractivity (Wildman–Crippen MR) is 140 cm³/mol. The number of nitrogens with one attached hydrogen (secondary N) is 2. The first-order valence-corrected chi connectivity index (χ1v) is 11.8. The minimum atomic E-state index is -0.655. The maximum Gasteiger partial charge on any atom is 0.266 e. The number of benzene rings is 3. The van der Waals surface area contributed by atoms with Crippen molar-refractivity contribution in [3.63, 3.8) is 0 Å². The molecule has 0 aliphatic rings. The lowest BCUT2D eigenvalue weighted by atomic mass is 10.1. The van der Waals surface area contributed by atoms with Gasteiger partial charge in [-0.1, -0.05) is 11.6 Å². The van der Waals surface area contributed by atoms with E-state index in [0.29, 0.717) is 38.8 Å². The molecule has 0 radical (unpaired) electrons. The Balaban J connectivity index is 1.76. The molecule has 2 N–H and O–H groups in total. The molecule has 0 bridgehead atoms. The quantitative estimate of drug-likeness (QED) is 0.235. The predicted octanol–water partition coefficient (Wildman–Crippen LogP) is 6.20. The van der Waals surface area contributed by atoms with Crippen molar-refractivity contribution in [1.29, 1.82) is 5.26 Å². The maximum absolute atomic E-state index is 13.1. The first kappa shape index (κ1) is 26.7. The van der Waals surface area contributed by atoms with E-state index in [1.165, 1.54) is 30.3 Å². The van der Waals surface area contributed by atoms with Gasteiger partial charge in [0, 0.05) is 16.4 Å². The number of halogens is 3. The summed E-state index contributed by atoms with van der Waals surface area (Å²) in [5.74, 6) is -0.887. The number of nitriles is 1. The molecule has 0 atom stereocenters. The lowest BCUT2D eigenvalue weighted by molar-refractivity contribution is -0.118. The summed E-state index contributed by atoms with van der Waals surface area (Å²) in [6.07, 6.45) is 1.38. The van der Waals surface area contributed by atoms with Crippen LogP contribution in [0.3, 0.4) is 0 Å². The zero-order valence-corrected chi connectivity index (χ0v) is 21.3. The molecule has 0 fully saturated rings. The van der Waals surface area contributed by atoms with Crippen molar-refractivity contribution in [2.75, 3.05) is 23.8 Å². The number of anilines is 2. The molecule has 3 rings (SSSR count). The van der Waals surface area contributed by atoms with Gasteiger partial charge in [0.1, 0.15) is 17.5 Å². The number of hydrogen-bond acceptors (Lipinski definition) is 5. The number of ether oxygens (including phenoxy) is 2. The second-order valence-corrected chi connectivity index (χ2v) is 8.53. The summed E-state index contributed by atoms with van der Waals surface area (Å²) in [4.78, 5) is 24.8. The largest absolute Gasteiger partial charge is 0.490 e. The van der Waals surface area contributed by atoms with Crippen LogP contribution in [0.5, 0.6) is 11.5 Å². The standard InChI is InChI=1S/C26H20BrClFN3O4/c1-2-35-23-13-16(11-17(14-30)26(34)32-21-9-5-19(29)6-10-21)12-22(27)25(23)36-15-24(33)31-20-7-3-18(28)4-8-20/h3-13H,2,15H2,1H3,(H,31,33)(H,32,34)/b17-11+. The van der Waals surface area contributed by atoms with Gasteiger partial charge in [-0.3, -0.25) is 9.59 Å². The van der Waals surface area contributed by atoms with Crippen LogP contribution in [0.2, 0.25) is 5.02 Å². The normalized spacial score (nSPS) is 10.8. The van der Waals surface area contributed by atoms with Crippen LogP contribution in [0.25, 0.3) is 6.08 Å². The fraction of sp³-hybridized carbons (Fsp3) is 0.115. The van der Waals surface area contributed by atoms with E-state index >= 15 is 0 Å². The fourth-order valence-corrected chi connectivity index (χ4v) is 3.69. The maximum atomic E-state index is 13.1. The molecular formula is C26H20BrClFN3O4. The number of carbonyl (C=O) groups excluding carboxylic acids is 2. The second kappa shape index (κ2) is 12.7. The van der Waals surface area contributed by atoms with Crippen LogP contribution in [0.4, 0.5) is 15.8 Å². The Bertz CT molecular complexity index is 1320. The number of hydrogen-bond donors (Lipinski definition) is 2. The van der Waals surface area contributed by atoms with Gasteiger partial charge in [0.25, 0.3) is 11.8 Å². The third kappa shape index (κ3) is 7.57. The van der Waals surface area contributed by atoms with Crippen LogP contribution in [-0.2, 0) is 9.59 Å². The number of carbonyl (C=O) groups is 2. The van der Waals surface area contributed by atoms with E-state index in [-0.39, 0.29) is 23.8 Å². The molecule has 0 aliphatic carbocycles. The smallest absolute Gasteiger partial charge is 0.266 e. The lowest BCUT2D eigenvalue weighted by Gasteiger charge is -2.15. The average Bonchev–Trinajstić information content (AvgIpc) is 2.85. The highest BCUT2D eigenvalue weighted by atomic mass is 79.9. The minimum absolute atomic E-state index is 0.176. The molecule has 0 aliphatic heterocycles. The minimum Gasteiger partial charge on any atom is -0.490 e. The third-order valence-corrected chi connectivity index (χ3v) is 5.43. The first-order chi connectivity index (χ1) is 17.3. The van der Waals surface area contributed by atoms with Crippen molar-refractivity contribution in [2.24, 2.45) is 0 Å². The molecule has 0 saturated heterocycles. The van der Waals surface area contributed by atoms with Crippen LogP contribution in [0.1, 0.15) is 12.5 Å². The van der Waals surface area contributed by atoms with E-state index < -0.39 is 11.7 Å². The Morgan fingerprint density at radius 1 is 1.06 bits per heavy atom. The fourth-order valence-electron chi connectivity index (χ4n) is 2.99. The molecule has 36 heavy (non-hydrogen) atoms. The molecule has 3 aromatic carbocycles. The zero-order valence-electron chi connectivity index (χ0n) is 19.0. The third-order valence-electron chi connectivity index (χ3n) is 4.59. The van der Waals surface area contributed by atoms with E-state index in [9.17, 15) is 19.2 Å². The summed E-state index contributed by atoms with van der Waals surface area (Å²) in [5, 5.41) is 15.3. The molecule has 0 spiro atoms. The van der Waals surface area contributed by atoms with Crippen LogP contribution >= 0.6 is 27.5 Å². The van der Waals surface area contributed by atoms with Crippen LogP contribution in [0.15, 0.2) is 70.7 Å². The molecular weight excluding hydrogens is 553 g/mol. The Morgan fingerprint density at radius 2 is 1.69 bits per heavy atom. The topological polar surface area (TPSA) is 100 Å². The Morgan fingerprint density at radius 3 is 2.33 bits per heavy atom. The van der Waals surface area contributed by atoms with Gasteiger partial charge in [-0.25, -0.2) is 4.39 Å². The highest BCUT2D eigenvalue weighted by Crippen LogP contribution is 2.37. The van der Waals surface area contributed by atoms with Crippen molar-refractivity contribution in [3.8, 4) is 17.6 Å². The molecule has 3 aromatic rings. The van der Waals surface area contributed by atoms with Crippen molar-refractivity contribution in [3.05, 3.63) is 87.1 Å². The first-order valence-electron chi connectivity index (χ1n) is 10.6. The van der Waals surface area contributed by atoms with Gasteiger partial charge < -0.3 is 20.1 Å². The van der Waals surface area contributed by atoms with E-state index in [0.717, 1.165) is 0 Å². The highest BCUT2D eigenvalue weighted by Gasteiger charge is 2.16. The number of nitrogens with zero attached hydrogens (tertiary/aromatic N) is 1. The van der Waals surface area contributed by atoms with Crippen molar-refractivity contribution in [2.45, 2.75) is 6.92 Å². The second-order valence-electron chi connectivity index (χ2n) is 7.24. The SMILES string of the molecule is CCOc1cc(/C=C(\C#N)C(=O)Nc2ccc(F)cc2)cc(Br)c1OCC(=O)Nc1ccc(Cl)cc1. The van der Waals surface area contributed by atoms with Gasteiger partial charge in [0.05, 0.1) is 11.1 Å². The highest BCUT2D eigenvalue weighted by molar-refractivity contribution is 9.10. The van der Waals surface area contributed by atoms with Gasteiger partial charge in [0.15, 0.2) is 18.1 Å². The van der Waals surface area contributed by atoms with E-state index in [2.05, 4.69) is 26.6 Å². The van der Waals surface area contributed by atoms with Gasteiger partial charge in [-0.2, -0.15) is 5.26 Å². The Kier molecular flexibility index (Phi) is 9.45. The molecule has 0 saturated carbocycles. The molecule has 10 heteroatoms. The van der Waals surface area contributed by atoms with Crippen LogP contribution in [0, 0.1) is 17.1 Å². The Labute approximate surface area is 220 Å². The number of amides is 2. The molecule has 0 heterocycles. The van der Waals surface area contributed by atoms with E-state index in [1.807, 2.05) is 6.07 Å². The van der Waals surface area contributed by atoms with E-state index in [1.54, 1.807) is 43.3 Å². The molecule has 7 nitrogen and oxygen atoms in total. The average molecular weight is 573 g/mol. The summed E-state index contributed by atoms with van der Waals surface area (Å²) in [6.45, 7) is 1.80. The molecule has 0 aromatic heterocycles. The van der Waals surface area contributed by atoms with Gasteiger partial charge in [-0.15, -0.1) is 0 Å². The monoisotopic (exact) mass is 571 g/mol. The van der Waals surface area contributed by atoms with Crippen molar-refractivity contribution in [1.82, 2.24) is 0 Å². The van der Waals surface area contributed by atoms with Crippen molar-refractivity contribution < 1.29 is 23.5 Å². The van der Waals surface area contributed by atoms with Gasteiger partial charge in [0.2, 0.25) is 0 Å².